The zero-order valence-corrected chi connectivity index (χ0v) is 19.7. The summed E-state index contributed by atoms with van der Waals surface area (Å²) in [5.41, 5.74) is 1.28. The Morgan fingerprint density at radius 3 is 2.41 bits per heavy atom. The highest BCUT2D eigenvalue weighted by atomic mass is 16.5. The van der Waals surface area contributed by atoms with Crippen molar-refractivity contribution in [2.24, 2.45) is 0 Å². The first-order valence-corrected chi connectivity index (χ1v) is 12.3. The van der Waals surface area contributed by atoms with Gasteiger partial charge in [0.05, 0.1) is 0 Å². The highest BCUT2D eigenvalue weighted by Gasteiger charge is 2.33. The highest BCUT2D eigenvalue weighted by Crippen LogP contribution is 2.26. The van der Waals surface area contributed by atoms with Gasteiger partial charge in [0.2, 0.25) is 0 Å². The summed E-state index contributed by atoms with van der Waals surface area (Å²) in [6.45, 7) is 11.4. The monoisotopic (exact) mass is 437 g/mol. The van der Waals surface area contributed by atoms with E-state index in [1.807, 2.05) is 36.4 Å². The number of aliphatic hydroxyl groups excluding tert-OH is 1. The van der Waals surface area contributed by atoms with E-state index >= 15 is 0 Å². The first-order valence-electron chi connectivity index (χ1n) is 12.3. The van der Waals surface area contributed by atoms with Crippen LogP contribution in [0.2, 0.25) is 0 Å². The molecule has 0 bridgehead atoms. The smallest absolute Gasteiger partial charge is 0.127 e. The molecule has 0 amide bonds. The number of likely N-dealkylation sites (tertiary alicyclic amines) is 1. The molecular weight excluding hydrogens is 398 g/mol. The molecule has 1 N–H and O–H groups in total. The molecule has 0 spiro atoms. The maximum atomic E-state index is 9.73. The molecule has 0 saturated carbocycles. The maximum Gasteiger partial charge on any atom is 0.127 e. The first kappa shape index (κ1) is 23.2. The van der Waals surface area contributed by atoms with Gasteiger partial charge in [-0.25, -0.2) is 0 Å². The normalized spacial score (nSPS) is 21.8. The molecule has 0 aliphatic carbocycles. The van der Waals surface area contributed by atoms with Gasteiger partial charge in [-0.3, -0.25) is 9.80 Å². The van der Waals surface area contributed by atoms with E-state index in [-0.39, 0.29) is 6.61 Å². The average Bonchev–Trinajstić information content (AvgIpc) is 2.81. The van der Waals surface area contributed by atoms with Crippen LogP contribution < -0.4 is 4.74 Å². The molecule has 2 aromatic carbocycles. The van der Waals surface area contributed by atoms with E-state index in [1.165, 1.54) is 31.5 Å². The molecule has 2 aliphatic heterocycles. The predicted molar refractivity (Wildman–Crippen MR) is 130 cm³/mol. The number of piperidine rings is 1. The van der Waals surface area contributed by atoms with Gasteiger partial charge in [0, 0.05) is 50.9 Å². The van der Waals surface area contributed by atoms with Crippen LogP contribution in [-0.4, -0.2) is 77.3 Å². The van der Waals surface area contributed by atoms with Crippen molar-refractivity contribution < 1.29 is 9.84 Å². The number of piperazine rings is 1. The van der Waals surface area contributed by atoms with Crippen molar-refractivity contribution in [1.29, 1.82) is 0 Å². The second-order valence-corrected chi connectivity index (χ2v) is 9.56. The third-order valence-corrected chi connectivity index (χ3v) is 7.06. The second-order valence-electron chi connectivity index (χ2n) is 9.56. The van der Waals surface area contributed by atoms with Gasteiger partial charge in [-0.2, -0.15) is 0 Å². The third kappa shape index (κ3) is 6.10. The Morgan fingerprint density at radius 1 is 0.938 bits per heavy atom. The summed E-state index contributed by atoms with van der Waals surface area (Å²) in [7, 11) is 0. The van der Waals surface area contributed by atoms with Crippen LogP contribution >= 0.6 is 0 Å². The Morgan fingerprint density at radius 2 is 1.69 bits per heavy atom. The van der Waals surface area contributed by atoms with Gasteiger partial charge in [0.15, 0.2) is 0 Å². The summed E-state index contributed by atoms with van der Waals surface area (Å²) in [4.78, 5) is 7.85. The fourth-order valence-corrected chi connectivity index (χ4v) is 5.29. The van der Waals surface area contributed by atoms with Crippen molar-refractivity contribution in [2.45, 2.75) is 57.8 Å². The Kier molecular flexibility index (Phi) is 8.20. The van der Waals surface area contributed by atoms with Crippen molar-refractivity contribution in [3.63, 3.8) is 0 Å². The summed E-state index contributed by atoms with van der Waals surface area (Å²) < 4.78 is 6.03. The number of hydrogen-bond acceptors (Lipinski definition) is 5. The predicted octanol–water partition coefficient (Wildman–Crippen LogP) is 4.22. The lowest BCUT2D eigenvalue weighted by Crippen LogP contribution is -2.58. The van der Waals surface area contributed by atoms with Crippen LogP contribution in [0.5, 0.6) is 11.5 Å². The van der Waals surface area contributed by atoms with E-state index in [1.54, 1.807) is 0 Å². The SMILES string of the molecule is CC(C)N1CCC(N2CCN(Cc3cccc(Oc4ccccc4)c3)CC2CCO)CC1. The molecule has 4 rings (SSSR count). The number of nitrogens with zero attached hydrogens (tertiary/aromatic N) is 3. The van der Waals surface area contributed by atoms with Crippen molar-refractivity contribution in [2.75, 3.05) is 39.3 Å². The third-order valence-electron chi connectivity index (χ3n) is 7.06. The van der Waals surface area contributed by atoms with Crippen LogP contribution in [0.15, 0.2) is 54.6 Å². The van der Waals surface area contributed by atoms with E-state index in [0.29, 0.717) is 18.1 Å². The largest absolute Gasteiger partial charge is 0.457 e. The molecule has 174 valence electrons. The summed E-state index contributed by atoms with van der Waals surface area (Å²) in [5, 5.41) is 9.73. The minimum absolute atomic E-state index is 0.264. The number of aliphatic hydroxyl groups is 1. The van der Waals surface area contributed by atoms with E-state index in [2.05, 4.69) is 46.7 Å². The number of para-hydroxylation sites is 1. The van der Waals surface area contributed by atoms with Gasteiger partial charge in [-0.1, -0.05) is 30.3 Å². The summed E-state index contributed by atoms with van der Waals surface area (Å²) in [5.74, 6) is 1.75. The van der Waals surface area contributed by atoms with Gasteiger partial charge in [-0.15, -0.1) is 0 Å². The lowest BCUT2D eigenvalue weighted by molar-refractivity contribution is -0.0000365. The van der Waals surface area contributed by atoms with Crippen molar-refractivity contribution >= 4 is 0 Å². The molecule has 5 nitrogen and oxygen atoms in total. The maximum absolute atomic E-state index is 9.73. The van der Waals surface area contributed by atoms with Gasteiger partial charge < -0.3 is 14.7 Å². The molecule has 2 heterocycles. The Hall–Kier alpha value is -1.92. The Bertz CT molecular complexity index is 821. The molecule has 5 heteroatoms. The highest BCUT2D eigenvalue weighted by molar-refractivity contribution is 5.33. The van der Waals surface area contributed by atoms with Gasteiger partial charge in [0.25, 0.3) is 0 Å². The van der Waals surface area contributed by atoms with Crippen LogP contribution in [0.1, 0.15) is 38.7 Å². The van der Waals surface area contributed by atoms with Crippen LogP contribution in [-0.2, 0) is 6.54 Å². The minimum Gasteiger partial charge on any atom is -0.457 e. The summed E-state index contributed by atoms with van der Waals surface area (Å²) in [6.07, 6.45) is 3.36. The van der Waals surface area contributed by atoms with Crippen molar-refractivity contribution in [3.8, 4) is 11.5 Å². The van der Waals surface area contributed by atoms with Gasteiger partial charge in [-0.05, 0) is 76.0 Å². The molecule has 2 saturated heterocycles. The number of ether oxygens (including phenoxy) is 1. The zero-order chi connectivity index (χ0) is 22.3. The Labute approximate surface area is 193 Å². The van der Waals surface area contributed by atoms with Crippen LogP contribution in [0.3, 0.4) is 0 Å². The van der Waals surface area contributed by atoms with Crippen molar-refractivity contribution in [3.05, 3.63) is 60.2 Å². The molecule has 1 atom stereocenters. The molecule has 2 fully saturated rings. The molecule has 2 aromatic rings. The molecule has 0 radical (unpaired) electrons. The van der Waals surface area contributed by atoms with E-state index in [4.69, 9.17) is 4.74 Å². The van der Waals surface area contributed by atoms with Gasteiger partial charge >= 0.3 is 0 Å². The zero-order valence-electron chi connectivity index (χ0n) is 19.7. The lowest BCUT2D eigenvalue weighted by Gasteiger charge is -2.48. The number of rotatable bonds is 8. The van der Waals surface area contributed by atoms with E-state index in [9.17, 15) is 5.11 Å². The topological polar surface area (TPSA) is 39.2 Å². The fraction of sp³-hybridized carbons (Fsp3) is 0.556. The second kappa shape index (κ2) is 11.3. The number of benzene rings is 2. The molecule has 2 aliphatic rings. The van der Waals surface area contributed by atoms with Crippen LogP contribution in [0.25, 0.3) is 0 Å². The average molecular weight is 438 g/mol. The van der Waals surface area contributed by atoms with Crippen LogP contribution in [0, 0.1) is 0 Å². The van der Waals surface area contributed by atoms with Crippen molar-refractivity contribution in [1.82, 2.24) is 14.7 Å². The first-order chi connectivity index (χ1) is 15.6. The molecule has 32 heavy (non-hydrogen) atoms. The van der Waals surface area contributed by atoms with Gasteiger partial charge in [0.1, 0.15) is 11.5 Å². The Balaban J connectivity index is 1.34. The molecular formula is C27H39N3O2. The van der Waals surface area contributed by atoms with Crippen LogP contribution in [0.4, 0.5) is 0 Å². The van der Waals surface area contributed by atoms with E-state index in [0.717, 1.165) is 44.1 Å². The fourth-order valence-electron chi connectivity index (χ4n) is 5.29. The standard InChI is InChI=1S/C27H39N3O2/c1-22(2)29-14-11-24(12-15-29)30-17-16-28(21-25(30)13-18-31)20-23-7-6-10-27(19-23)32-26-8-4-3-5-9-26/h3-10,19,22,24-25,31H,11-18,20-21H2,1-2H3. The number of hydrogen-bond donors (Lipinski definition) is 1. The quantitative estimate of drug-likeness (QED) is 0.670. The summed E-state index contributed by atoms with van der Waals surface area (Å²) >= 11 is 0. The molecule has 1 unspecified atom stereocenters. The summed E-state index contributed by atoms with van der Waals surface area (Å²) in [6, 6.07) is 20.1. The van der Waals surface area contributed by atoms with E-state index < -0.39 is 0 Å². The molecule has 0 aromatic heterocycles. The minimum atomic E-state index is 0.264. The lowest BCUT2D eigenvalue weighted by atomic mass is 9.97.